The van der Waals surface area contributed by atoms with Crippen LogP contribution >= 0.6 is 15.9 Å². The average Bonchev–Trinajstić information content (AvgIpc) is 2.65. The summed E-state index contributed by atoms with van der Waals surface area (Å²) in [4.78, 5) is 11.2. The van der Waals surface area contributed by atoms with Gasteiger partial charge in [0.15, 0.2) is 4.67 Å². The molecule has 0 saturated carbocycles. The first-order chi connectivity index (χ1) is 7.51. The summed E-state index contributed by atoms with van der Waals surface area (Å²) in [7, 11) is 0. The van der Waals surface area contributed by atoms with Crippen molar-refractivity contribution in [2.75, 3.05) is 6.54 Å². The largest absolute Gasteiger partial charge is 0.480 e. The quantitative estimate of drug-likeness (QED) is 0.877. The highest BCUT2D eigenvalue weighted by Gasteiger charge is 2.39. The summed E-state index contributed by atoms with van der Waals surface area (Å²) >= 11 is 3.26. The lowest BCUT2D eigenvalue weighted by Crippen LogP contribution is -2.53. The Bertz CT molecular complexity index is 404. The van der Waals surface area contributed by atoms with Gasteiger partial charge in [-0.05, 0) is 54.4 Å². The molecule has 0 aromatic carbocycles. The molecule has 0 amide bonds. The van der Waals surface area contributed by atoms with Gasteiger partial charge >= 0.3 is 5.97 Å². The smallest absolute Gasteiger partial charge is 0.323 e. The van der Waals surface area contributed by atoms with Crippen LogP contribution in [0.5, 0.6) is 0 Å². The fourth-order valence-electron chi connectivity index (χ4n) is 2.14. The van der Waals surface area contributed by atoms with E-state index in [1.807, 2.05) is 12.1 Å². The number of rotatable bonds is 2. The van der Waals surface area contributed by atoms with Gasteiger partial charge in [0.1, 0.15) is 11.3 Å². The lowest BCUT2D eigenvalue weighted by Gasteiger charge is -2.35. The van der Waals surface area contributed by atoms with E-state index >= 15 is 0 Å². The molecule has 2 atom stereocenters. The zero-order chi connectivity index (χ0) is 11.8. The summed E-state index contributed by atoms with van der Waals surface area (Å²) in [5.74, 6) is 0.234. The predicted octanol–water partition coefficient (Wildman–Crippen LogP) is 2.35. The van der Waals surface area contributed by atoms with Crippen LogP contribution in [0.2, 0.25) is 0 Å². The third-order valence-electron chi connectivity index (χ3n) is 3.13. The molecule has 1 aliphatic heterocycles. The SMILES string of the molecule is CC1(C(=O)O)CC(c2ccc(Br)o2)CCN1. The molecule has 0 radical (unpaired) electrons. The Labute approximate surface area is 102 Å². The molecule has 1 fully saturated rings. The molecule has 4 nitrogen and oxygen atoms in total. The van der Waals surface area contributed by atoms with Gasteiger partial charge < -0.3 is 14.8 Å². The number of carboxylic acid groups (broad SMARTS) is 1. The third-order valence-corrected chi connectivity index (χ3v) is 3.56. The van der Waals surface area contributed by atoms with Crippen LogP contribution in [0.3, 0.4) is 0 Å². The predicted molar refractivity (Wildman–Crippen MR) is 62.4 cm³/mol. The average molecular weight is 288 g/mol. The molecular formula is C11H14BrNO3. The maximum absolute atomic E-state index is 11.2. The second-order valence-corrected chi connectivity index (χ2v) is 5.18. The van der Waals surface area contributed by atoms with Crippen LogP contribution in [-0.2, 0) is 4.79 Å². The molecule has 1 aliphatic rings. The van der Waals surface area contributed by atoms with Crippen LogP contribution in [-0.4, -0.2) is 23.2 Å². The standard InChI is InChI=1S/C11H14BrNO3/c1-11(10(14)15)6-7(4-5-13-11)8-2-3-9(12)16-8/h2-3,7,13H,4-6H2,1H3,(H,14,15). The van der Waals surface area contributed by atoms with Crippen LogP contribution in [0.25, 0.3) is 0 Å². The van der Waals surface area contributed by atoms with Crippen LogP contribution in [0.1, 0.15) is 31.4 Å². The molecule has 5 heteroatoms. The summed E-state index contributed by atoms with van der Waals surface area (Å²) in [5.41, 5.74) is -0.845. The van der Waals surface area contributed by atoms with E-state index in [9.17, 15) is 4.79 Å². The molecule has 0 bridgehead atoms. The minimum absolute atomic E-state index is 0.175. The zero-order valence-corrected chi connectivity index (χ0v) is 10.6. The molecule has 88 valence electrons. The Morgan fingerprint density at radius 1 is 1.69 bits per heavy atom. The van der Waals surface area contributed by atoms with Gasteiger partial charge in [-0.25, -0.2) is 0 Å². The van der Waals surface area contributed by atoms with Crippen molar-refractivity contribution in [3.8, 4) is 0 Å². The number of carbonyl (C=O) groups is 1. The van der Waals surface area contributed by atoms with E-state index in [4.69, 9.17) is 9.52 Å². The van der Waals surface area contributed by atoms with Crippen LogP contribution < -0.4 is 5.32 Å². The first-order valence-electron chi connectivity index (χ1n) is 5.25. The van der Waals surface area contributed by atoms with Crippen molar-refractivity contribution in [3.63, 3.8) is 0 Å². The van der Waals surface area contributed by atoms with Crippen molar-refractivity contribution in [2.24, 2.45) is 0 Å². The number of carboxylic acids is 1. The van der Waals surface area contributed by atoms with E-state index in [0.717, 1.165) is 12.2 Å². The van der Waals surface area contributed by atoms with Crippen LogP contribution in [0, 0.1) is 0 Å². The summed E-state index contributed by atoms with van der Waals surface area (Å²) in [5, 5.41) is 12.2. The molecule has 1 aromatic rings. The van der Waals surface area contributed by atoms with Gasteiger partial charge in [0, 0.05) is 5.92 Å². The van der Waals surface area contributed by atoms with Crippen molar-refractivity contribution in [2.45, 2.75) is 31.2 Å². The lowest BCUT2D eigenvalue weighted by molar-refractivity contribution is -0.145. The molecule has 16 heavy (non-hydrogen) atoms. The number of furan rings is 1. The molecule has 2 unspecified atom stereocenters. The maximum Gasteiger partial charge on any atom is 0.323 e. The fraction of sp³-hybridized carbons (Fsp3) is 0.545. The first-order valence-corrected chi connectivity index (χ1v) is 6.04. The highest BCUT2D eigenvalue weighted by molar-refractivity contribution is 9.10. The van der Waals surface area contributed by atoms with E-state index < -0.39 is 11.5 Å². The minimum atomic E-state index is -0.845. The molecule has 2 N–H and O–H groups in total. The Morgan fingerprint density at radius 2 is 2.44 bits per heavy atom. The number of hydrogen-bond donors (Lipinski definition) is 2. The van der Waals surface area contributed by atoms with Crippen molar-refractivity contribution >= 4 is 21.9 Å². The summed E-state index contributed by atoms with van der Waals surface area (Å²) < 4.78 is 6.18. The van der Waals surface area contributed by atoms with Crippen molar-refractivity contribution in [3.05, 3.63) is 22.6 Å². The van der Waals surface area contributed by atoms with Crippen molar-refractivity contribution < 1.29 is 14.3 Å². The molecule has 0 spiro atoms. The lowest BCUT2D eigenvalue weighted by atomic mass is 9.82. The van der Waals surface area contributed by atoms with Gasteiger partial charge in [-0.1, -0.05) is 0 Å². The van der Waals surface area contributed by atoms with E-state index in [0.29, 0.717) is 17.6 Å². The Kier molecular flexibility index (Phi) is 3.08. The van der Waals surface area contributed by atoms with Gasteiger partial charge in [0.05, 0.1) is 0 Å². The van der Waals surface area contributed by atoms with E-state index in [1.165, 1.54) is 0 Å². The molecule has 1 aromatic heterocycles. The number of piperidine rings is 1. The van der Waals surface area contributed by atoms with Crippen LogP contribution in [0.15, 0.2) is 21.2 Å². The topological polar surface area (TPSA) is 62.5 Å². The van der Waals surface area contributed by atoms with E-state index in [-0.39, 0.29) is 5.92 Å². The minimum Gasteiger partial charge on any atom is -0.480 e. The highest BCUT2D eigenvalue weighted by Crippen LogP contribution is 2.34. The third kappa shape index (κ3) is 2.15. The second kappa shape index (κ2) is 4.22. The molecule has 2 heterocycles. The van der Waals surface area contributed by atoms with Crippen molar-refractivity contribution in [1.82, 2.24) is 5.32 Å². The monoisotopic (exact) mass is 287 g/mol. The van der Waals surface area contributed by atoms with Gasteiger partial charge in [0.2, 0.25) is 0 Å². The Morgan fingerprint density at radius 3 is 3.00 bits per heavy atom. The molecule has 0 aliphatic carbocycles. The van der Waals surface area contributed by atoms with E-state index in [2.05, 4.69) is 21.2 Å². The van der Waals surface area contributed by atoms with E-state index in [1.54, 1.807) is 6.92 Å². The Hall–Kier alpha value is -0.810. The van der Waals surface area contributed by atoms with Gasteiger partial charge in [-0.2, -0.15) is 0 Å². The summed E-state index contributed by atoms with van der Waals surface area (Å²) in [6.45, 7) is 2.42. The number of nitrogens with one attached hydrogen (secondary N) is 1. The highest BCUT2D eigenvalue weighted by atomic mass is 79.9. The normalized spacial score (nSPS) is 30.2. The fourth-order valence-corrected chi connectivity index (χ4v) is 2.46. The van der Waals surface area contributed by atoms with Crippen molar-refractivity contribution in [1.29, 1.82) is 0 Å². The molecule has 2 rings (SSSR count). The number of halogens is 1. The zero-order valence-electron chi connectivity index (χ0n) is 9.00. The van der Waals surface area contributed by atoms with Gasteiger partial charge in [0.25, 0.3) is 0 Å². The maximum atomic E-state index is 11.2. The number of hydrogen-bond acceptors (Lipinski definition) is 3. The van der Waals surface area contributed by atoms with Gasteiger partial charge in [-0.15, -0.1) is 0 Å². The second-order valence-electron chi connectivity index (χ2n) is 4.40. The first kappa shape index (κ1) is 11.7. The van der Waals surface area contributed by atoms with Crippen LogP contribution in [0.4, 0.5) is 0 Å². The summed E-state index contributed by atoms with van der Waals surface area (Å²) in [6, 6.07) is 3.75. The number of aliphatic carboxylic acids is 1. The summed E-state index contributed by atoms with van der Waals surface area (Å²) in [6.07, 6.45) is 1.46. The van der Waals surface area contributed by atoms with Gasteiger partial charge in [-0.3, -0.25) is 4.79 Å². The molecule has 1 saturated heterocycles. The molecular weight excluding hydrogens is 274 g/mol. The Balaban J connectivity index is 2.16.